The second-order valence-corrected chi connectivity index (χ2v) is 6.62. The molecule has 0 radical (unpaired) electrons. The summed E-state index contributed by atoms with van der Waals surface area (Å²) in [6, 6.07) is 3.91. The average Bonchev–Trinajstić information content (AvgIpc) is 3.18. The first-order valence-electron chi connectivity index (χ1n) is 7.11. The summed E-state index contributed by atoms with van der Waals surface area (Å²) in [4.78, 5) is 15.9. The molecule has 4 heterocycles. The molecular formula is C15H16N2O3S. The van der Waals surface area contributed by atoms with E-state index in [9.17, 15) is 4.79 Å². The van der Waals surface area contributed by atoms with Crippen LogP contribution in [0.3, 0.4) is 0 Å². The lowest BCUT2D eigenvalue weighted by Crippen LogP contribution is -2.62. The van der Waals surface area contributed by atoms with Gasteiger partial charge in [-0.25, -0.2) is 0 Å². The van der Waals surface area contributed by atoms with Crippen molar-refractivity contribution in [1.82, 2.24) is 10.1 Å². The Bertz CT molecular complexity index is 671. The van der Waals surface area contributed by atoms with E-state index in [4.69, 9.17) is 9.26 Å². The summed E-state index contributed by atoms with van der Waals surface area (Å²) in [5, 5.41) is 6.07. The fourth-order valence-electron chi connectivity index (χ4n) is 3.20. The van der Waals surface area contributed by atoms with E-state index in [0.717, 1.165) is 30.9 Å². The van der Waals surface area contributed by atoms with Gasteiger partial charge in [0.15, 0.2) is 0 Å². The van der Waals surface area contributed by atoms with Crippen molar-refractivity contribution in [3.05, 3.63) is 28.8 Å². The number of amides is 1. The van der Waals surface area contributed by atoms with E-state index >= 15 is 0 Å². The summed E-state index contributed by atoms with van der Waals surface area (Å²) in [5.41, 5.74) is 1.17. The largest absolute Gasteiger partial charge is 0.379 e. The quantitative estimate of drug-likeness (QED) is 0.856. The van der Waals surface area contributed by atoms with Gasteiger partial charge in [-0.15, -0.1) is 11.3 Å². The minimum absolute atomic E-state index is 0.0221. The Morgan fingerprint density at radius 1 is 1.48 bits per heavy atom. The van der Waals surface area contributed by atoms with Crippen LogP contribution in [0, 0.1) is 6.92 Å². The third-order valence-electron chi connectivity index (χ3n) is 4.53. The van der Waals surface area contributed by atoms with Crippen molar-refractivity contribution < 1.29 is 14.1 Å². The van der Waals surface area contributed by atoms with Crippen LogP contribution in [0.5, 0.6) is 0 Å². The summed E-state index contributed by atoms with van der Waals surface area (Å²) >= 11 is 1.56. The summed E-state index contributed by atoms with van der Waals surface area (Å²) in [7, 11) is 0. The van der Waals surface area contributed by atoms with Crippen molar-refractivity contribution in [2.75, 3.05) is 19.8 Å². The molecule has 2 aromatic rings. The maximum absolute atomic E-state index is 13.0. The third-order valence-corrected chi connectivity index (χ3v) is 5.41. The lowest BCUT2D eigenvalue weighted by atomic mass is 9.83. The summed E-state index contributed by atoms with van der Waals surface area (Å²) in [5.74, 6) is 0.610. The van der Waals surface area contributed by atoms with Crippen LogP contribution in [-0.4, -0.2) is 41.3 Å². The van der Waals surface area contributed by atoms with Gasteiger partial charge in [0.2, 0.25) is 0 Å². The fourth-order valence-corrected chi connectivity index (χ4v) is 3.92. The smallest absolute Gasteiger partial charge is 0.260 e. The Hall–Kier alpha value is -1.66. The molecule has 2 aliphatic rings. The van der Waals surface area contributed by atoms with Gasteiger partial charge in [0.25, 0.3) is 5.91 Å². The van der Waals surface area contributed by atoms with E-state index in [0.29, 0.717) is 23.6 Å². The van der Waals surface area contributed by atoms with Crippen molar-refractivity contribution in [1.29, 1.82) is 0 Å². The highest BCUT2D eigenvalue weighted by Gasteiger charge is 2.51. The highest BCUT2D eigenvalue weighted by atomic mass is 32.1. The van der Waals surface area contributed by atoms with Crippen LogP contribution in [0.1, 0.15) is 29.0 Å². The fraction of sp³-hybridized carbons (Fsp3) is 0.467. The Balaban J connectivity index is 1.71. The predicted molar refractivity (Wildman–Crippen MR) is 78.4 cm³/mol. The standard InChI is InChI=1S/C15H16N2O3S/c1-10-12(13(16-20-10)11-3-2-8-21-11)14(18)17-6-4-15(17)5-7-19-9-15/h2-3,8H,4-7,9H2,1H3. The molecule has 2 aliphatic heterocycles. The van der Waals surface area contributed by atoms with Gasteiger partial charge in [-0.2, -0.15) is 0 Å². The first kappa shape index (κ1) is 13.0. The van der Waals surface area contributed by atoms with Gasteiger partial charge in [-0.05, 0) is 31.2 Å². The maximum Gasteiger partial charge on any atom is 0.260 e. The van der Waals surface area contributed by atoms with Crippen LogP contribution in [0.15, 0.2) is 22.0 Å². The molecule has 2 fully saturated rings. The van der Waals surface area contributed by atoms with Gasteiger partial charge in [0, 0.05) is 13.2 Å². The zero-order chi connectivity index (χ0) is 14.4. The Morgan fingerprint density at radius 3 is 3.00 bits per heavy atom. The van der Waals surface area contributed by atoms with E-state index < -0.39 is 0 Å². The second-order valence-electron chi connectivity index (χ2n) is 5.67. The molecule has 1 atom stereocenters. The zero-order valence-electron chi connectivity index (χ0n) is 11.8. The summed E-state index contributed by atoms with van der Waals surface area (Å²) in [6.07, 6.45) is 1.95. The molecule has 0 N–H and O–H groups in total. The first-order chi connectivity index (χ1) is 10.2. The summed E-state index contributed by atoms with van der Waals surface area (Å²) < 4.78 is 10.8. The van der Waals surface area contributed by atoms with Crippen molar-refractivity contribution >= 4 is 17.2 Å². The molecule has 1 spiro atoms. The molecule has 4 rings (SSSR count). The Labute approximate surface area is 126 Å². The molecular weight excluding hydrogens is 288 g/mol. The number of likely N-dealkylation sites (tertiary alicyclic amines) is 1. The molecule has 0 aromatic carbocycles. The topological polar surface area (TPSA) is 55.6 Å². The molecule has 21 heavy (non-hydrogen) atoms. The number of rotatable bonds is 2. The number of aryl methyl sites for hydroxylation is 1. The second kappa shape index (κ2) is 4.68. The van der Waals surface area contributed by atoms with E-state index in [2.05, 4.69) is 5.16 Å². The number of carbonyl (C=O) groups excluding carboxylic acids is 1. The van der Waals surface area contributed by atoms with Crippen molar-refractivity contribution in [3.8, 4) is 10.6 Å². The van der Waals surface area contributed by atoms with Crippen molar-refractivity contribution in [3.63, 3.8) is 0 Å². The SMILES string of the molecule is Cc1onc(-c2cccs2)c1C(=O)N1CCC12CCOC2. The van der Waals surface area contributed by atoms with Gasteiger partial charge in [0.05, 0.1) is 17.0 Å². The Kier molecular flexibility index (Phi) is 2.90. The van der Waals surface area contributed by atoms with E-state index in [-0.39, 0.29) is 11.4 Å². The molecule has 5 nitrogen and oxygen atoms in total. The van der Waals surface area contributed by atoms with E-state index in [1.807, 2.05) is 22.4 Å². The van der Waals surface area contributed by atoms with Gasteiger partial charge < -0.3 is 14.2 Å². The van der Waals surface area contributed by atoms with Crippen LogP contribution in [-0.2, 0) is 4.74 Å². The average molecular weight is 304 g/mol. The number of thiophene rings is 1. The predicted octanol–water partition coefficient (Wildman–Crippen LogP) is 2.72. The minimum atomic E-state index is -0.0898. The lowest BCUT2D eigenvalue weighted by Gasteiger charge is -2.49. The molecule has 2 aromatic heterocycles. The van der Waals surface area contributed by atoms with Gasteiger partial charge in [-0.3, -0.25) is 4.79 Å². The molecule has 1 unspecified atom stereocenters. The molecule has 0 aliphatic carbocycles. The molecule has 0 bridgehead atoms. The highest BCUT2D eigenvalue weighted by Crippen LogP contribution is 2.40. The van der Waals surface area contributed by atoms with Crippen LogP contribution in [0.25, 0.3) is 10.6 Å². The third kappa shape index (κ3) is 1.86. The zero-order valence-corrected chi connectivity index (χ0v) is 12.6. The van der Waals surface area contributed by atoms with Crippen LogP contribution >= 0.6 is 11.3 Å². The number of ether oxygens (including phenoxy) is 1. The monoisotopic (exact) mass is 304 g/mol. The molecule has 0 saturated carbocycles. The van der Waals surface area contributed by atoms with E-state index in [1.165, 1.54) is 0 Å². The molecule has 2 saturated heterocycles. The van der Waals surface area contributed by atoms with Crippen LogP contribution < -0.4 is 0 Å². The Morgan fingerprint density at radius 2 is 2.38 bits per heavy atom. The van der Waals surface area contributed by atoms with Crippen LogP contribution in [0.4, 0.5) is 0 Å². The normalized spacial score (nSPS) is 24.5. The minimum Gasteiger partial charge on any atom is -0.379 e. The van der Waals surface area contributed by atoms with Crippen molar-refractivity contribution in [2.24, 2.45) is 0 Å². The van der Waals surface area contributed by atoms with Crippen LogP contribution in [0.2, 0.25) is 0 Å². The van der Waals surface area contributed by atoms with Gasteiger partial charge >= 0.3 is 0 Å². The van der Waals surface area contributed by atoms with E-state index in [1.54, 1.807) is 18.3 Å². The number of carbonyl (C=O) groups is 1. The first-order valence-corrected chi connectivity index (χ1v) is 7.99. The lowest BCUT2D eigenvalue weighted by molar-refractivity contribution is -0.00800. The highest BCUT2D eigenvalue weighted by molar-refractivity contribution is 7.13. The molecule has 6 heteroatoms. The number of hydrogen-bond donors (Lipinski definition) is 0. The van der Waals surface area contributed by atoms with Gasteiger partial charge in [0.1, 0.15) is 17.0 Å². The number of aromatic nitrogens is 1. The maximum atomic E-state index is 13.0. The number of nitrogens with zero attached hydrogens (tertiary/aromatic N) is 2. The number of hydrogen-bond acceptors (Lipinski definition) is 5. The molecule has 1 amide bonds. The summed E-state index contributed by atoms with van der Waals surface area (Å²) in [6.45, 7) is 3.98. The van der Waals surface area contributed by atoms with Crippen molar-refractivity contribution in [2.45, 2.75) is 25.3 Å². The van der Waals surface area contributed by atoms with Gasteiger partial charge in [-0.1, -0.05) is 11.2 Å². The molecule has 110 valence electrons.